The first-order chi connectivity index (χ1) is 8.76. The lowest BCUT2D eigenvalue weighted by Gasteiger charge is -2.30. The van der Waals surface area contributed by atoms with Crippen LogP contribution in [0.15, 0.2) is 24.3 Å². The first-order valence-corrected chi connectivity index (χ1v) is 6.76. The van der Waals surface area contributed by atoms with Gasteiger partial charge in [0.1, 0.15) is 5.75 Å². The van der Waals surface area contributed by atoms with E-state index in [0.717, 1.165) is 31.6 Å². The third kappa shape index (κ3) is 2.85. The highest BCUT2D eigenvalue weighted by Crippen LogP contribution is 2.36. The van der Waals surface area contributed by atoms with Gasteiger partial charge in [0.2, 0.25) is 0 Å². The number of hydrogen-bond acceptors (Lipinski definition) is 3. The topological polar surface area (TPSA) is 44.5 Å². The van der Waals surface area contributed by atoms with Crippen molar-refractivity contribution in [2.45, 2.75) is 44.2 Å². The normalized spacial score (nSPS) is 21.8. The van der Waals surface area contributed by atoms with Crippen molar-refractivity contribution in [3.8, 4) is 5.75 Å². The van der Waals surface area contributed by atoms with Crippen LogP contribution in [0.2, 0.25) is 0 Å². The molecule has 1 aromatic rings. The van der Waals surface area contributed by atoms with Gasteiger partial charge < -0.3 is 15.2 Å². The van der Waals surface area contributed by atoms with E-state index in [2.05, 4.69) is 19.1 Å². The Balaban J connectivity index is 2.07. The standard InChI is InChI=1S/C15H23NO2/c1-3-14(17-2)13(16)10-11-8-9-18-15-7-5-4-6-12(11)15/h4-7,11,13-14H,3,8-10,16H2,1-2H3. The molecule has 0 radical (unpaired) electrons. The zero-order valence-corrected chi connectivity index (χ0v) is 11.3. The van der Waals surface area contributed by atoms with Gasteiger partial charge in [0.15, 0.2) is 0 Å². The number of para-hydroxylation sites is 1. The second-order valence-electron chi connectivity index (χ2n) is 4.95. The summed E-state index contributed by atoms with van der Waals surface area (Å²) in [4.78, 5) is 0. The number of hydrogen-bond donors (Lipinski definition) is 1. The Hall–Kier alpha value is -1.06. The SMILES string of the molecule is CCC(OC)C(N)CC1CCOc2ccccc21. The van der Waals surface area contributed by atoms with Gasteiger partial charge in [0, 0.05) is 13.2 Å². The Morgan fingerprint density at radius 3 is 2.94 bits per heavy atom. The molecular formula is C15H23NO2. The smallest absolute Gasteiger partial charge is 0.122 e. The molecule has 0 aromatic heterocycles. The van der Waals surface area contributed by atoms with E-state index < -0.39 is 0 Å². The van der Waals surface area contributed by atoms with Gasteiger partial charge >= 0.3 is 0 Å². The summed E-state index contributed by atoms with van der Waals surface area (Å²) in [6.07, 6.45) is 3.13. The molecule has 0 spiro atoms. The molecule has 0 amide bonds. The van der Waals surface area contributed by atoms with Crippen LogP contribution in [-0.4, -0.2) is 25.9 Å². The summed E-state index contributed by atoms with van der Waals surface area (Å²) in [5.41, 5.74) is 7.56. The largest absolute Gasteiger partial charge is 0.493 e. The third-order valence-electron chi connectivity index (χ3n) is 3.82. The van der Waals surface area contributed by atoms with E-state index in [1.54, 1.807) is 7.11 Å². The minimum absolute atomic E-state index is 0.0937. The number of rotatable bonds is 5. The Kier molecular flexibility index (Phi) is 4.61. The van der Waals surface area contributed by atoms with Crippen molar-refractivity contribution in [3.05, 3.63) is 29.8 Å². The number of methoxy groups -OCH3 is 1. The van der Waals surface area contributed by atoms with E-state index in [1.165, 1.54) is 5.56 Å². The van der Waals surface area contributed by atoms with Gasteiger partial charge in [-0.25, -0.2) is 0 Å². The van der Waals surface area contributed by atoms with Crippen molar-refractivity contribution in [1.29, 1.82) is 0 Å². The van der Waals surface area contributed by atoms with E-state index in [9.17, 15) is 0 Å². The fraction of sp³-hybridized carbons (Fsp3) is 0.600. The van der Waals surface area contributed by atoms with Crippen LogP contribution in [0.3, 0.4) is 0 Å². The van der Waals surface area contributed by atoms with Crippen molar-refractivity contribution in [3.63, 3.8) is 0 Å². The molecule has 1 aromatic carbocycles. The van der Waals surface area contributed by atoms with Crippen LogP contribution in [0.25, 0.3) is 0 Å². The van der Waals surface area contributed by atoms with Gasteiger partial charge in [-0.2, -0.15) is 0 Å². The van der Waals surface area contributed by atoms with E-state index in [-0.39, 0.29) is 12.1 Å². The summed E-state index contributed by atoms with van der Waals surface area (Å²) in [6.45, 7) is 2.91. The highest BCUT2D eigenvalue weighted by Gasteiger charge is 2.25. The summed E-state index contributed by atoms with van der Waals surface area (Å²) in [5, 5.41) is 0. The maximum absolute atomic E-state index is 6.26. The maximum atomic E-state index is 6.26. The predicted octanol–water partition coefficient (Wildman–Crippen LogP) is 2.70. The molecular weight excluding hydrogens is 226 g/mol. The molecule has 0 aliphatic carbocycles. The molecule has 0 bridgehead atoms. The Bertz CT molecular complexity index is 377. The van der Waals surface area contributed by atoms with E-state index in [1.807, 2.05) is 12.1 Å². The van der Waals surface area contributed by atoms with Gasteiger partial charge in [-0.15, -0.1) is 0 Å². The van der Waals surface area contributed by atoms with Crippen molar-refractivity contribution in [2.24, 2.45) is 5.73 Å². The lowest BCUT2D eigenvalue weighted by atomic mass is 9.86. The van der Waals surface area contributed by atoms with Crippen LogP contribution < -0.4 is 10.5 Å². The molecule has 0 saturated carbocycles. The number of benzene rings is 1. The lowest BCUT2D eigenvalue weighted by Crippen LogP contribution is -2.37. The van der Waals surface area contributed by atoms with Gasteiger partial charge in [-0.3, -0.25) is 0 Å². The molecule has 0 fully saturated rings. The second kappa shape index (κ2) is 6.21. The molecule has 1 aliphatic heterocycles. The Morgan fingerprint density at radius 1 is 1.44 bits per heavy atom. The van der Waals surface area contributed by atoms with Gasteiger partial charge in [0.25, 0.3) is 0 Å². The van der Waals surface area contributed by atoms with Gasteiger partial charge in [-0.1, -0.05) is 25.1 Å². The fourth-order valence-corrected chi connectivity index (χ4v) is 2.79. The zero-order valence-electron chi connectivity index (χ0n) is 11.3. The van der Waals surface area contributed by atoms with Crippen molar-refractivity contribution in [2.75, 3.05) is 13.7 Å². The maximum Gasteiger partial charge on any atom is 0.122 e. The van der Waals surface area contributed by atoms with Gasteiger partial charge in [0.05, 0.1) is 12.7 Å². The highest BCUT2D eigenvalue weighted by atomic mass is 16.5. The summed E-state index contributed by atoms with van der Waals surface area (Å²) in [7, 11) is 1.74. The minimum atomic E-state index is 0.0937. The summed E-state index contributed by atoms with van der Waals surface area (Å²) < 4.78 is 11.1. The second-order valence-corrected chi connectivity index (χ2v) is 4.95. The molecule has 3 atom stereocenters. The van der Waals surface area contributed by atoms with Crippen LogP contribution >= 0.6 is 0 Å². The summed E-state index contributed by atoms with van der Waals surface area (Å²) in [5.74, 6) is 1.51. The molecule has 1 heterocycles. The molecule has 100 valence electrons. The van der Waals surface area contributed by atoms with Crippen LogP contribution in [-0.2, 0) is 4.74 Å². The summed E-state index contributed by atoms with van der Waals surface area (Å²) in [6, 6.07) is 8.38. The van der Waals surface area contributed by atoms with Gasteiger partial charge in [-0.05, 0) is 36.8 Å². The Labute approximate surface area is 109 Å². The van der Waals surface area contributed by atoms with E-state index in [4.69, 9.17) is 15.2 Å². The van der Waals surface area contributed by atoms with Crippen LogP contribution in [0.4, 0.5) is 0 Å². The quantitative estimate of drug-likeness (QED) is 0.872. The van der Waals surface area contributed by atoms with Crippen molar-refractivity contribution in [1.82, 2.24) is 0 Å². The average Bonchev–Trinajstić information content (AvgIpc) is 2.40. The summed E-state index contributed by atoms with van der Waals surface area (Å²) >= 11 is 0. The lowest BCUT2D eigenvalue weighted by molar-refractivity contribution is 0.0709. The van der Waals surface area contributed by atoms with Crippen LogP contribution in [0.5, 0.6) is 5.75 Å². The van der Waals surface area contributed by atoms with Crippen molar-refractivity contribution >= 4 is 0 Å². The van der Waals surface area contributed by atoms with E-state index >= 15 is 0 Å². The Morgan fingerprint density at radius 2 is 2.22 bits per heavy atom. The molecule has 3 nitrogen and oxygen atoms in total. The first kappa shape index (κ1) is 13.4. The van der Waals surface area contributed by atoms with Crippen molar-refractivity contribution < 1.29 is 9.47 Å². The molecule has 1 aliphatic rings. The molecule has 18 heavy (non-hydrogen) atoms. The monoisotopic (exact) mass is 249 g/mol. The fourth-order valence-electron chi connectivity index (χ4n) is 2.79. The number of ether oxygens (including phenoxy) is 2. The zero-order chi connectivity index (χ0) is 13.0. The van der Waals surface area contributed by atoms with E-state index in [0.29, 0.717) is 5.92 Å². The van der Waals surface area contributed by atoms with Crippen LogP contribution in [0, 0.1) is 0 Å². The molecule has 2 rings (SSSR count). The highest BCUT2D eigenvalue weighted by molar-refractivity contribution is 5.37. The molecule has 3 unspecified atom stereocenters. The number of nitrogens with two attached hydrogens (primary N) is 1. The first-order valence-electron chi connectivity index (χ1n) is 6.76. The molecule has 3 heteroatoms. The number of fused-ring (bicyclic) bond motifs is 1. The van der Waals surface area contributed by atoms with Crippen LogP contribution in [0.1, 0.15) is 37.7 Å². The average molecular weight is 249 g/mol. The minimum Gasteiger partial charge on any atom is -0.493 e. The predicted molar refractivity (Wildman–Crippen MR) is 73.0 cm³/mol. The third-order valence-corrected chi connectivity index (χ3v) is 3.82. The molecule has 2 N–H and O–H groups in total. The molecule has 0 saturated heterocycles.